The molecule has 1 heterocycles. The van der Waals surface area contributed by atoms with Crippen LogP contribution in [0.15, 0.2) is 12.1 Å². The standard InChI is InChI=1S/C16H23NO3/c1-11-9-14(10-12(2)15(11)16(17)18)20-8-6-13-5-3-4-7-19-13/h9-10,13H,3-8H2,1-2H3,(H2,17,18). The summed E-state index contributed by atoms with van der Waals surface area (Å²) in [4.78, 5) is 11.3. The van der Waals surface area contributed by atoms with Crippen LogP contribution in [0.2, 0.25) is 0 Å². The van der Waals surface area contributed by atoms with Gasteiger partial charge in [0.05, 0.1) is 12.7 Å². The molecule has 1 aromatic carbocycles. The van der Waals surface area contributed by atoms with Crippen LogP contribution in [0.5, 0.6) is 5.75 Å². The zero-order chi connectivity index (χ0) is 14.5. The van der Waals surface area contributed by atoms with Gasteiger partial charge in [-0.25, -0.2) is 0 Å². The Morgan fingerprint density at radius 3 is 2.60 bits per heavy atom. The van der Waals surface area contributed by atoms with Crippen molar-refractivity contribution in [1.82, 2.24) is 0 Å². The van der Waals surface area contributed by atoms with Crippen LogP contribution in [0.4, 0.5) is 0 Å². The smallest absolute Gasteiger partial charge is 0.249 e. The molecule has 4 nitrogen and oxygen atoms in total. The number of ether oxygens (including phenoxy) is 2. The van der Waals surface area contributed by atoms with Crippen LogP contribution in [0.1, 0.15) is 47.2 Å². The number of hydrogen-bond donors (Lipinski definition) is 1. The highest BCUT2D eigenvalue weighted by molar-refractivity contribution is 5.96. The lowest BCUT2D eigenvalue weighted by molar-refractivity contribution is 0.00404. The van der Waals surface area contributed by atoms with Gasteiger partial charge in [0.25, 0.3) is 0 Å². The summed E-state index contributed by atoms with van der Waals surface area (Å²) in [5.74, 6) is 0.406. The molecule has 0 aromatic heterocycles. The summed E-state index contributed by atoms with van der Waals surface area (Å²) < 4.78 is 11.4. The third-order valence-electron chi connectivity index (χ3n) is 3.74. The normalized spacial score (nSPS) is 18.8. The predicted octanol–water partition coefficient (Wildman–Crippen LogP) is 2.74. The molecule has 1 amide bonds. The Balaban J connectivity index is 1.91. The molecule has 4 heteroatoms. The number of benzene rings is 1. The molecule has 0 bridgehead atoms. The number of amides is 1. The van der Waals surface area contributed by atoms with Gasteiger partial charge in [-0.3, -0.25) is 4.79 Å². The van der Waals surface area contributed by atoms with Crippen molar-refractivity contribution in [1.29, 1.82) is 0 Å². The van der Waals surface area contributed by atoms with Gasteiger partial charge in [-0.05, 0) is 56.4 Å². The molecule has 20 heavy (non-hydrogen) atoms. The molecule has 1 unspecified atom stereocenters. The fraction of sp³-hybridized carbons (Fsp3) is 0.562. The Kier molecular flexibility index (Phi) is 5.01. The van der Waals surface area contributed by atoms with E-state index in [1.165, 1.54) is 12.8 Å². The van der Waals surface area contributed by atoms with Crippen molar-refractivity contribution in [3.63, 3.8) is 0 Å². The van der Waals surface area contributed by atoms with E-state index in [1.807, 2.05) is 26.0 Å². The Labute approximate surface area is 120 Å². The first kappa shape index (κ1) is 14.9. The first-order chi connectivity index (χ1) is 9.58. The highest BCUT2D eigenvalue weighted by Crippen LogP contribution is 2.22. The van der Waals surface area contributed by atoms with E-state index in [0.29, 0.717) is 18.3 Å². The molecule has 1 aliphatic rings. The fourth-order valence-electron chi connectivity index (χ4n) is 2.74. The van der Waals surface area contributed by atoms with Crippen LogP contribution < -0.4 is 10.5 Å². The van der Waals surface area contributed by atoms with E-state index in [-0.39, 0.29) is 5.91 Å². The number of hydrogen-bond acceptors (Lipinski definition) is 3. The molecule has 1 atom stereocenters. The summed E-state index contributed by atoms with van der Waals surface area (Å²) in [6.45, 7) is 5.27. The van der Waals surface area contributed by atoms with Crippen molar-refractivity contribution in [3.05, 3.63) is 28.8 Å². The Morgan fingerprint density at radius 1 is 1.35 bits per heavy atom. The Bertz CT molecular complexity index is 456. The van der Waals surface area contributed by atoms with Crippen molar-refractivity contribution in [3.8, 4) is 5.75 Å². The minimum absolute atomic E-state index is 0.329. The van der Waals surface area contributed by atoms with Gasteiger partial charge in [-0.1, -0.05) is 0 Å². The van der Waals surface area contributed by atoms with Gasteiger partial charge in [-0.15, -0.1) is 0 Å². The summed E-state index contributed by atoms with van der Waals surface area (Å²) in [5.41, 5.74) is 7.68. The maximum absolute atomic E-state index is 11.3. The van der Waals surface area contributed by atoms with Crippen LogP contribution in [0, 0.1) is 13.8 Å². The van der Waals surface area contributed by atoms with Crippen LogP contribution in [-0.2, 0) is 4.74 Å². The second-order valence-corrected chi connectivity index (χ2v) is 5.42. The molecule has 1 saturated heterocycles. The molecule has 1 aliphatic heterocycles. The van der Waals surface area contributed by atoms with Crippen molar-refractivity contribution >= 4 is 5.91 Å². The molecule has 1 aromatic rings. The van der Waals surface area contributed by atoms with E-state index in [2.05, 4.69) is 0 Å². The summed E-state index contributed by atoms with van der Waals surface area (Å²) >= 11 is 0. The van der Waals surface area contributed by atoms with E-state index in [1.54, 1.807) is 0 Å². The maximum atomic E-state index is 11.3. The van der Waals surface area contributed by atoms with Crippen LogP contribution in [0.25, 0.3) is 0 Å². The number of carbonyl (C=O) groups excluding carboxylic acids is 1. The summed E-state index contributed by atoms with van der Waals surface area (Å²) in [7, 11) is 0. The van der Waals surface area contributed by atoms with Crippen molar-refractivity contribution in [2.45, 2.75) is 45.6 Å². The molecular formula is C16H23NO3. The zero-order valence-electron chi connectivity index (χ0n) is 12.3. The molecule has 0 spiro atoms. The van der Waals surface area contributed by atoms with Gasteiger partial charge < -0.3 is 15.2 Å². The second-order valence-electron chi connectivity index (χ2n) is 5.42. The van der Waals surface area contributed by atoms with E-state index in [9.17, 15) is 4.79 Å². The molecule has 0 aliphatic carbocycles. The predicted molar refractivity (Wildman–Crippen MR) is 78.1 cm³/mol. The lowest BCUT2D eigenvalue weighted by Crippen LogP contribution is -2.21. The Hall–Kier alpha value is -1.55. The average Bonchev–Trinajstić information content (AvgIpc) is 2.38. The number of nitrogens with two attached hydrogens (primary N) is 1. The van der Waals surface area contributed by atoms with Gasteiger partial charge in [0.2, 0.25) is 5.91 Å². The van der Waals surface area contributed by atoms with Crippen molar-refractivity contribution in [2.75, 3.05) is 13.2 Å². The van der Waals surface area contributed by atoms with E-state index in [0.717, 1.165) is 36.3 Å². The minimum atomic E-state index is -0.387. The molecular weight excluding hydrogens is 254 g/mol. The summed E-state index contributed by atoms with van der Waals surface area (Å²) in [6.07, 6.45) is 4.79. The second kappa shape index (κ2) is 6.75. The average molecular weight is 277 g/mol. The van der Waals surface area contributed by atoms with Crippen molar-refractivity contribution in [2.24, 2.45) is 5.73 Å². The quantitative estimate of drug-likeness (QED) is 0.900. The van der Waals surface area contributed by atoms with E-state index >= 15 is 0 Å². The lowest BCUT2D eigenvalue weighted by atomic mass is 10.0. The van der Waals surface area contributed by atoms with Gasteiger partial charge in [0.1, 0.15) is 5.75 Å². The lowest BCUT2D eigenvalue weighted by Gasteiger charge is -2.22. The van der Waals surface area contributed by atoms with Gasteiger partial charge in [-0.2, -0.15) is 0 Å². The Morgan fingerprint density at radius 2 is 2.05 bits per heavy atom. The summed E-state index contributed by atoms with van der Waals surface area (Å²) in [6, 6.07) is 3.74. The van der Waals surface area contributed by atoms with Gasteiger partial charge >= 0.3 is 0 Å². The molecule has 1 fully saturated rings. The highest BCUT2D eigenvalue weighted by atomic mass is 16.5. The van der Waals surface area contributed by atoms with Crippen molar-refractivity contribution < 1.29 is 14.3 Å². The number of carbonyl (C=O) groups is 1. The third kappa shape index (κ3) is 3.73. The van der Waals surface area contributed by atoms with E-state index < -0.39 is 0 Å². The topological polar surface area (TPSA) is 61.6 Å². The van der Waals surface area contributed by atoms with E-state index in [4.69, 9.17) is 15.2 Å². The summed E-state index contributed by atoms with van der Waals surface area (Å²) in [5, 5.41) is 0. The highest BCUT2D eigenvalue weighted by Gasteiger charge is 2.14. The third-order valence-corrected chi connectivity index (χ3v) is 3.74. The molecule has 2 N–H and O–H groups in total. The maximum Gasteiger partial charge on any atom is 0.249 e. The number of primary amides is 1. The zero-order valence-corrected chi connectivity index (χ0v) is 12.3. The molecule has 0 radical (unpaired) electrons. The monoisotopic (exact) mass is 277 g/mol. The molecule has 0 saturated carbocycles. The minimum Gasteiger partial charge on any atom is -0.493 e. The SMILES string of the molecule is Cc1cc(OCCC2CCCCO2)cc(C)c1C(N)=O. The first-order valence-corrected chi connectivity index (χ1v) is 7.23. The van der Waals surface area contributed by atoms with Crippen LogP contribution in [0.3, 0.4) is 0 Å². The fourth-order valence-corrected chi connectivity index (χ4v) is 2.74. The number of rotatable bonds is 5. The first-order valence-electron chi connectivity index (χ1n) is 7.23. The van der Waals surface area contributed by atoms with Gasteiger partial charge in [0, 0.05) is 18.6 Å². The van der Waals surface area contributed by atoms with Crippen LogP contribution in [-0.4, -0.2) is 25.2 Å². The largest absolute Gasteiger partial charge is 0.493 e. The number of aryl methyl sites for hydroxylation is 2. The molecule has 110 valence electrons. The molecule has 2 rings (SSSR count). The van der Waals surface area contributed by atoms with Crippen LogP contribution >= 0.6 is 0 Å². The van der Waals surface area contributed by atoms with Gasteiger partial charge in [0.15, 0.2) is 0 Å².